The van der Waals surface area contributed by atoms with Crippen LogP contribution in [-0.4, -0.2) is 37.5 Å². The van der Waals surface area contributed by atoms with Gasteiger partial charge in [-0.2, -0.15) is 14.4 Å². The van der Waals surface area contributed by atoms with Crippen molar-refractivity contribution in [2.75, 3.05) is 12.5 Å². The van der Waals surface area contributed by atoms with Gasteiger partial charge in [0.2, 0.25) is 6.79 Å². The van der Waals surface area contributed by atoms with E-state index in [1.54, 1.807) is 13.2 Å². The maximum atomic E-state index is 14.0. The van der Waals surface area contributed by atoms with Crippen molar-refractivity contribution >= 4 is 39.6 Å². The number of aliphatic hydroxyl groups excluding tert-OH is 1. The zero-order valence-electron chi connectivity index (χ0n) is 17.0. The number of benzene rings is 1. The predicted molar refractivity (Wildman–Crippen MR) is 121 cm³/mol. The van der Waals surface area contributed by atoms with Crippen molar-refractivity contribution in [3.63, 3.8) is 0 Å². The molecule has 10 heteroatoms. The quantitative estimate of drug-likeness (QED) is 0.256. The molecule has 1 aliphatic heterocycles. The number of imidazole rings is 1. The molecule has 1 aliphatic rings. The van der Waals surface area contributed by atoms with Crippen LogP contribution in [0, 0.1) is 9.65 Å². The van der Waals surface area contributed by atoms with E-state index in [1.807, 2.05) is 28.8 Å². The summed E-state index contributed by atoms with van der Waals surface area (Å²) in [6.45, 7) is 2.42. The molecular formula is C21H23FIN5O3. The van der Waals surface area contributed by atoms with E-state index in [0.29, 0.717) is 35.7 Å². The summed E-state index contributed by atoms with van der Waals surface area (Å²) in [6.07, 6.45) is 2.55. The third-order valence-corrected chi connectivity index (χ3v) is 6.11. The van der Waals surface area contributed by atoms with Gasteiger partial charge in [0.05, 0.1) is 6.10 Å². The first-order valence-corrected chi connectivity index (χ1v) is 11.1. The second kappa shape index (κ2) is 9.35. The van der Waals surface area contributed by atoms with Gasteiger partial charge in [0.15, 0.2) is 17.0 Å². The Morgan fingerprint density at radius 1 is 1.26 bits per heavy atom. The van der Waals surface area contributed by atoms with Crippen molar-refractivity contribution in [3.05, 3.63) is 57.3 Å². The Morgan fingerprint density at radius 3 is 2.77 bits per heavy atom. The first kappa shape index (κ1) is 21.8. The van der Waals surface area contributed by atoms with Crippen molar-refractivity contribution in [1.29, 1.82) is 0 Å². The molecule has 2 unspecified atom stereocenters. The molecule has 31 heavy (non-hydrogen) atoms. The fourth-order valence-electron chi connectivity index (χ4n) is 3.69. The first-order valence-electron chi connectivity index (χ1n) is 10.0. The van der Waals surface area contributed by atoms with Crippen LogP contribution in [0.5, 0.6) is 0 Å². The number of halogens is 2. The first-order chi connectivity index (χ1) is 15.0. The van der Waals surface area contributed by atoms with E-state index in [-0.39, 0.29) is 24.6 Å². The smallest absolute Gasteiger partial charge is 0.312 e. The number of aryl methyl sites for hydroxylation is 1. The lowest BCUT2D eigenvalue weighted by Crippen LogP contribution is -2.15. The number of nitrogens with two attached hydrogens (primary N) is 1. The Morgan fingerprint density at radius 2 is 2.06 bits per heavy atom. The number of fused-ring (bicyclic) bond motifs is 1. The lowest BCUT2D eigenvalue weighted by molar-refractivity contribution is 0.0764. The second-order valence-electron chi connectivity index (χ2n) is 7.42. The van der Waals surface area contributed by atoms with Gasteiger partial charge in [-0.05, 0) is 60.4 Å². The van der Waals surface area contributed by atoms with Crippen LogP contribution in [0.1, 0.15) is 43.5 Å². The Hall–Kier alpha value is -2.47. The fraction of sp³-hybridized carbons (Fsp3) is 0.381. The van der Waals surface area contributed by atoms with E-state index >= 15 is 0 Å². The number of anilines is 1. The zero-order chi connectivity index (χ0) is 22.0. The zero-order valence-corrected chi connectivity index (χ0v) is 19.1. The van der Waals surface area contributed by atoms with Gasteiger partial charge < -0.3 is 24.9 Å². The van der Waals surface area contributed by atoms with Crippen LogP contribution in [0.25, 0.3) is 11.2 Å². The fourth-order valence-corrected chi connectivity index (χ4v) is 4.39. The van der Waals surface area contributed by atoms with E-state index in [2.05, 4.69) is 32.6 Å². The third kappa shape index (κ3) is 4.59. The standard InChI is InChI=1S/C21H23FIN5O3/c1-12(29)6-4-5-9-28-19(25-17-18(24)26-21(22)27-20(17)28)16(15-10-30-11-31-15)13-7-2-3-8-14(13)23/h2-3,7-8,10,12,16,29H,4-6,9,11H2,1H3,(H2,24,26,27). The highest BCUT2D eigenvalue weighted by Crippen LogP contribution is 2.38. The molecule has 3 heterocycles. The molecule has 3 aromatic rings. The average molecular weight is 539 g/mol. The molecule has 0 bridgehead atoms. The van der Waals surface area contributed by atoms with Gasteiger partial charge in [-0.15, -0.1) is 0 Å². The van der Waals surface area contributed by atoms with Crippen LogP contribution in [0.15, 0.2) is 36.3 Å². The minimum Gasteiger partial charge on any atom is -0.462 e. The van der Waals surface area contributed by atoms with E-state index < -0.39 is 6.08 Å². The molecule has 0 radical (unpaired) electrons. The van der Waals surface area contributed by atoms with Crippen LogP contribution in [0.4, 0.5) is 10.2 Å². The number of nitrogens with zero attached hydrogens (tertiary/aromatic N) is 4. The summed E-state index contributed by atoms with van der Waals surface area (Å²) in [4.78, 5) is 12.4. The SMILES string of the molecule is CC(O)CCCCn1c(C(C2=COCO2)c2ccccc2I)nc2c(N)nc(F)nc21. The number of allylic oxidation sites excluding steroid dienone is 1. The highest BCUT2D eigenvalue weighted by Gasteiger charge is 2.32. The lowest BCUT2D eigenvalue weighted by atomic mass is 9.96. The van der Waals surface area contributed by atoms with E-state index in [4.69, 9.17) is 20.2 Å². The minimum absolute atomic E-state index is 0.00874. The molecule has 0 saturated heterocycles. The molecule has 0 amide bonds. The maximum absolute atomic E-state index is 14.0. The van der Waals surface area contributed by atoms with Gasteiger partial charge in [-0.25, -0.2) is 4.98 Å². The summed E-state index contributed by atoms with van der Waals surface area (Å²) in [5.41, 5.74) is 7.65. The van der Waals surface area contributed by atoms with Crippen LogP contribution in [0.2, 0.25) is 0 Å². The predicted octanol–water partition coefficient (Wildman–Crippen LogP) is 3.68. The number of hydrogen-bond donors (Lipinski definition) is 2. The number of hydrogen-bond acceptors (Lipinski definition) is 7. The summed E-state index contributed by atoms with van der Waals surface area (Å²) in [7, 11) is 0. The minimum atomic E-state index is -0.896. The van der Waals surface area contributed by atoms with Crippen molar-refractivity contribution < 1.29 is 19.0 Å². The number of rotatable bonds is 8. The number of nitrogen functional groups attached to an aromatic ring is 1. The second-order valence-corrected chi connectivity index (χ2v) is 8.58. The normalized spacial score (nSPS) is 15.4. The highest BCUT2D eigenvalue weighted by atomic mass is 127. The Bertz CT molecular complexity index is 1120. The summed E-state index contributed by atoms with van der Waals surface area (Å²) in [5.74, 6) is 0.839. The van der Waals surface area contributed by atoms with Gasteiger partial charge >= 0.3 is 6.08 Å². The topological polar surface area (TPSA) is 108 Å². The summed E-state index contributed by atoms with van der Waals surface area (Å²) < 4.78 is 28.0. The largest absolute Gasteiger partial charge is 0.462 e. The molecular weight excluding hydrogens is 516 g/mol. The summed E-state index contributed by atoms with van der Waals surface area (Å²) in [5, 5.41) is 9.58. The van der Waals surface area contributed by atoms with E-state index in [0.717, 1.165) is 22.0 Å². The summed E-state index contributed by atoms with van der Waals surface area (Å²) in [6, 6.07) is 7.91. The highest BCUT2D eigenvalue weighted by molar-refractivity contribution is 14.1. The third-order valence-electron chi connectivity index (χ3n) is 5.13. The van der Waals surface area contributed by atoms with Gasteiger partial charge in [0.25, 0.3) is 0 Å². The van der Waals surface area contributed by atoms with Gasteiger partial charge in [-0.3, -0.25) is 0 Å². The van der Waals surface area contributed by atoms with Gasteiger partial charge in [0.1, 0.15) is 23.8 Å². The molecule has 164 valence electrons. The van der Waals surface area contributed by atoms with Gasteiger partial charge in [0, 0.05) is 10.1 Å². The molecule has 8 nitrogen and oxygen atoms in total. The molecule has 1 aromatic carbocycles. The molecule has 0 fully saturated rings. The van der Waals surface area contributed by atoms with E-state index in [9.17, 15) is 9.50 Å². The molecule has 0 aliphatic carbocycles. The van der Waals surface area contributed by atoms with Crippen molar-refractivity contribution in [2.45, 2.75) is 44.8 Å². The number of ether oxygens (including phenoxy) is 2. The van der Waals surface area contributed by atoms with Crippen molar-refractivity contribution in [2.24, 2.45) is 0 Å². The molecule has 0 saturated carbocycles. The number of aromatic nitrogens is 4. The molecule has 2 aromatic heterocycles. The van der Waals surface area contributed by atoms with Crippen LogP contribution in [-0.2, 0) is 16.0 Å². The Labute approximate surface area is 192 Å². The monoisotopic (exact) mass is 539 g/mol. The number of unbranched alkanes of at least 4 members (excludes halogenated alkanes) is 1. The molecule has 2 atom stereocenters. The van der Waals surface area contributed by atoms with Crippen LogP contribution < -0.4 is 5.73 Å². The number of aliphatic hydroxyl groups is 1. The lowest BCUT2D eigenvalue weighted by Gasteiger charge is -2.20. The van der Waals surface area contributed by atoms with Crippen molar-refractivity contribution in [1.82, 2.24) is 19.5 Å². The Balaban J connectivity index is 1.85. The Kier molecular flexibility index (Phi) is 6.56. The molecule has 3 N–H and O–H groups in total. The summed E-state index contributed by atoms with van der Waals surface area (Å²) >= 11 is 2.27. The van der Waals surface area contributed by atoms with Gasteiger partial charge in [-0.1, -0.05) is 18.2 Å². The molecule has 0 spiro atoms. The van der Waals surface area contributed by atoms with Crippen molar-refractivity contribution in [3.8, 4) is 0 Å². The van der Waals surface area contributed by atoms with Crippen LogP contribution in [0.3, 0.4) is 0 Å². The average Bonchev–Trinajstić information content (AvgIpc) is 3.36. The molecule has 4 rings (SSSR count). The maximum Gasteiger partial charge on any atom is 0.312 e. The van der Waals surface area contributed by atoms with Crippen LogP contribution >= 0.6 is 22.6 Å². The van der Waals surface area contributed by atoms with E-state index in [1.165, 1.54) is 0 Å².